The van der Waals surface area contributed by atoms with E-state index in [1.54, 1.807) is 6.07 Å². The molecule has 2 aromatic carbocycles. The van der Waals surface area contributed by atoms with Crippen LogP contribution in [-0.4, -0.2) is 25.0 Å². The van der Waals surface area contributed by atoms with Gasteiger partial charge in [-0.15, -0.1) is 24.0 Å². The monoisotopic (exact) mass is 522 g/mol. The summed E-state index contributed by atoms with van der Waals surface area (Å²) in [4.78, 5) is 15.5. The number of guanidine groups is 1. The van der Waals surface area contributed by atoms with Crippen LogP contribution in [0.15, 0.2) is 57.9 Å². The SMILES string of the molecule is CCNC(=NCc1cccc(OCC(N)=O)c1)NCc1oc2ccccc2c1C.I. The molecule has 0 saturated carbocycles. The van der Waals surface area contributed by atoms with Gasteiger partial charge >= 0.3 is 0 Å². The Morgan fingerprint density at radius 3 is 2.70 bits per heavy atom. The van der Waals surface area contributed by atoms with Crippen LogP contribution >= 0.6 is 24.0 Å². The molecule has 0 fully saturated rings. The molecule has 0 aliphatic heterocycles. The molecule has 0 aliphatic carbocycles. The van der Waals surface area contributed by atoms with E-state index in [2.05, 4.69) is 28.6 Å². The molecule has 1 aromatic heterocycles. The highest BCUT2D eigenvalue weighted by molar-refractivity contribution is 14.0. The predicted molar refractivity (Wildman–Crippen MR) is 129 cm³/mol. The number of ether oxygens (including phenoxy) is 1. The Morgan fingerprint density at radius 2 is 1.97 bits per heavy atom. The van der Waals surface area contributed by atoms with Gasteiger partial charge < -0.3 is 25.5 Å². The van der Waals surface area contributed by atoms with E-state index in [0.717, 1.165) is 34.4 Å². The first kappa shape index (κ1) is 23.5. The van der Waals surface area contributed by atoms with Crippen molar-refractivity contribution in [2.45, 2.75) is 26.9 Å². The number of aryl methyl sites for hydroxylation is 1. The van der Waals surface area contributed by atoms with E-state index < -0.39 is 5.91 Å². The zero-order valence-electron chi connectivity index (χ0n) is 17.1. The molecule has 4 N–H and O–H groups in total. The van der Waals surface area contributed by atoms with Crippen LogP contribution in [0, 0.1) is 6.92 Å². The normalized spacial score (nSPS) is 11.1. The second-order valence-corrected chi connectivity index (χ2v) is 6.60. The number of carbonyl (C=O) groups excluding carboxylic acids is 1. The number of benzene rings is 2. The van der Waals surface area contributed by atoms with Gasteiger partial charge in [0.2, 0.25) is 0 Å². The molecule has 8 heteroatoms. The standard InChI is InChI=1S/C22H26N4O3.HI/c1-3-24-22(25-12-16-7-6-8-17(11-16)28-14-21(23)27)26-13-20-15(2)18-9-4-5-10-19(18)29-20;/h4-11H,3,12-14H2,1-2H3,(H2,23,27)(H2,24,25,26);1H. The summed E-state index contributed by atoms with van der Waals surface area (Å²) in [6.07, 6.45) is 0. The molecule has 0 saturated heterocycles. The molecule has 0 radical (unpaired) electrons. The Morgan fingerprint density at radius 1 is 1.17 bits per heavy atom. The van der Waals surface area contributed by atoms with Crippen molar-refractivity contribution in [2.75, 3.05) is 13.2 Å². The smallest absolute Gasteiger partial charge is 0.255 e. The molecular formula is C22H27IN4O3. The summed E-state index contributed by atoms with van der Waals surface area (Å²) in [5, 5.41) is 7.68. The van der Waals surface area contributed by atoms with Gasteiger partial charge in [-0.2, -0.15) is 0 Å². The van der Waals surface area contributed by atoms with E-state index in [1.807, 2.05) is 43.3 Å². The van der Waals surface area contributed by atoms with Crippen LogP contribution in [0.1, 0.15) is 23.8 Å². The lowest BCUT2D eigenvalue weighted by Crippen LogP contribution is -2.36. The summed E-state index contributed by atoms with van der Waals surface area (Å²) in [6, 6.07) is 15.4. The number of nitrogens with one attached hydrogen (secondary N) is 2. The maximum absolute atomic E-state index is 10.9. The number of fused-ring (bicyclic) bond motifs is 1. The van der Waals surface area contributed by atoms with Gasteiger partial charge in [0, 0.05) is 17.5 Å². The third kappa shape index (κ3) is 6.38. The first-order chi connectivity index (χ1) is 14.1. The molecule has 160 valence electrons. The van der Waals surface area contributed by atoms with Crippen molar-refractivity contribution in [1.82, 2.24) is 10.6 Å². The van der Waals surface area contributed by atoms with Gasteiger partial charge in [0.1, 0.15) is 17.1 Å². The predicted octanol–water partition coefficient (Wildman–Crippen LogP) is 3.48. The highest BCUT2D eigenvalue weighted by Gasteiger charge is 2.10. The van der Waals surface area contributed by atoms with Gasteiger partial charge in [-0.1, -0.05) is 30.3 Å². The first-order valence-electron chi connectivity index (χ1n) is 9.56. The van der Waals surface area contributed by atoms with E-state index in [4.69, 9.17) is 14.9 Å². The topological polar surface area (TPSA) is 102 Å². The Hall–Kier alpha value is -2.75. The number of rotatable bonds is 8. The van der Waals surface area contributed by atoms with Crippen LogP contribution < -0.4 is 21.1 Å². The molecule has 0 unspecified atom stereocenters. The minimum absolute atomic E-state index is 0. The first-order valence-corrected chi connectivity index (χ1v) is 9.56. The molecular weight excluding hydrogens is 495 g/mol. The number of nitrogens with two attached hydrogens (primary N) is 1. The molecule has 3 aromatic rings. The molecule has 0 bridgehead atoms. The second-order valence-electron chi connectivity index (χ2n) is 6.60. The molecule has 7 nitrogen and oxygen atoms in total. The maximum Gasteiger partial charge on any atom is 0.255 e. The minimum Gasteiger partial charge on any atom is -0.484 e. The molecule has 1 heterocycles. The Balaban J connectivity index is 0.00000320. The van der Waals surface area contributed by atoms with Gasteiger partial charge in [-0.3, -0.25) is 4.79 Å². The fourth-order valence-electron chi connectivity index (χ4n) is 2.96. The number of primary amides is 1. The molecule has 0 atom stereocenters. The molecule has 0 spiro atoms. The number of para-hydroxylation sites is 1. The summed E-state index contributed by atoms with van der Waals surface area (Å²) in [6.45, 7) is 5.67. The van der Waals surface area contributed by atoms with Crippen LogP contribution in [-0.2, 0) is 17.9 Å². The van der Waals surface area contributed by atoms with Crippen LogP contribution in [0.3, 0.4) is 0 Å². The Labute approximate surface area is 193 Å². The minimum atomic E-state index is -0.507. The van der Waals surface area contributed by atoms with Crippen LogP contribution in [0.2, 0.25) is 0 Å². The molecule has 0 aliphatic rings. The van der Waals surface area contributed by atoms with E-state index in [-0.39, 0.29) is 30.6 Å². The second kappa shape index (κ2) is 11.4. The van der Waals surface area contributed by atoms with Crippen molar-refractivity contribution in [2.24, 2.45) is 10.7 Å². The fourth-order valence-corrected chi connectivity index (χ4v) is 2.96. The number of hydrogen-bond acceptors (Lipinski definition) is 4. The van der Waals surface area contributed by atoms with Crippen molar-refractivity contribution in [1.29, 1.82) is 0 Å². The fraction of sp³-hybridized carbons (Fsp3) is 0.273. The molecule has 1 amide bonds. The Kier molecular flexibility index (Phi) is 8.97. The van der Waals surface area contributed by atoms with E-state index >= 15 is 0 Å². The third-order valence-electron chi connectivity index (χ3n) is 4.40. The number of aliphatic imine (C=N–C) groups is 1. The highest BCUT2D eigenvalue weighted by Crippen LogP contribution is 2.24. The van der Waals surface area contributed by atoms with Gasteiger partial charge in [-0.05, 0) is 37.6 Å². The molecule has 3 rings (SSSR count). The van der Waals surface area contributed by atoms with Crippen molar-refractivity contribution >= 4 is 46.8 Å². The van der Waals surface area contributed by atoms with E-state index in [0.29, 0.717) is 24.8 Å². The quantitative estimate of drug-likeness (QED) is 0.239. The van der Waals surface area contributed by atoms with Gasteiger partial charge in [0.05, 0.1) is 13.1 Å². The lowest BCUT2D eigenvalue weighted by molar-refractivity contribution is -0.119. The Bertz CT molecular complexity index is 1020. The van der Waals surface area contributed by atoms with Crippen LogP contribution in [0.25, 0.3) is 11.0 Å². The number of hydrogen-bond donors (Lipinski definition) is 3. The third-order valence-corrected chi connectivity index (χ3v) is 4.40. The van der Waals surface area contributed by atoms with Gasteiger partial charge in [-0.25, -0.2) is 4.99 Å². The highest BCUT2D eigenvalue weighted by atomic mass is 127. The average Bonchev–Trinajstić information content (AvgIpc) is 3.05. The number of carbonyl (C=O) groups is 1. The van der Waals surface area contributed by atoms with Gasteiger partial charge in [0.25, 0.3) is 5.91 Å². The summed E-state index contributed by atoms with van der Waals surface area (Å²) in [5.74, 6) is 1.66. The largest absolute Gasteiger partial charge is 0.484 e. The number of halogens is 1. The maximum atomic E-state index is 10.9. The summed E-state index contributed by atoms with van der Waals surface area (Å²) in [5.41, 5.74) is 8.09. The summed E-state index contributed by atoms with van der Waals surface area (Å²) in [7, 11) is 0. The van der Waals surface area contributed by atoms with E-state index in [9.17, 15) is 4.79 Å². The van der Waals surface area contributed by atoms with Crippen LogP contribution in [0.5, 0.6) is 5.75 Å². The van der Waals surface area contributed by atoms with Crippen molar-refractivity contribution in [3.8, 4) is 5.75 Å². The molecule has 30 heavy (non-hydrogen) atoms. The number of amides is 1. The van der Waals surface area contributed by atoms with Gasteiger partial charge in [0.15, 0.2) is 12.6 Å². The lowest BCUT2D eigenvalue weighted by atomic mass is 10.1. The summed E-state index contributed by atoms with van der Waals surface area (Å²) < 4.78 is 11.3. The lowest BCUT2D eigenvalue weighted by Gasteiger charge is -2.11. The summed E-state index contributed by atoms with van der Waals surface area (Å²) >= 11 is 0. The van der Waals surface area contributed by atoms with Crippen LogP contribution in [0.4, 0.5) is 0 Å². The van der Waals surface area contributed by atoms with Crippen molar-refractivity contribution < 1.29 is 13.9 Å². The van der Waals surface area contributed by atoms with Crippen molar-refractivity contribution in [3.63, 3.8) is 0 Å². The van der Waals surface area contributed by atoms with Crippen molar-refractivity contribution in [3.05, 3.63) is 65.4 Å². The zero-order valence-corrected chi connectivity index (χ0v) is 19.4. The zero-order chi connectivity index (χ0) is 20.6. The van der Waals surface area contributed by atoms with E-state index in [1.165, 1.54) is 0 Å². The average molecular weight is 522 g/mol. The number of furan rings is 1. The number of nitrogens with zero attached hydrogens (tertiary/aromatic N) is 1.